The van der Waals surface area contributed by atoms with Gasteiger partial charge in [0.25, 0.3) is 0 Å². The lowest BCUT2D eigenvalue weighted by Crippen LogP contribution is -2.76. The van der Waals surface area contributed by atoms with E-state index in [1.54, 1.807) is 18.1 Å². The first-order chi connectivity index (χ1) is 19.3. The van der Waals surface area contributed by atoms with Gasteiger partial charge >= 0.3 is 5.97 Å². The van der Waals surface area contributed by atoms with E-state index in [2.05, 4.69) is 11.9 Å². The maximum atomic E-state index is 13.3. The van der Waals surface area contributed by atoms with Gasteiger partial charge in [0.15, 0.2) is 0 Å². The van der Waals surface area contributed by atoms with Crippen molar-refractivity contribution in [1.82, 2.24) is 10.2 Å². The predicted octanol–water partition coefficient (Wildman–Crippen LogP) is 4.22. The van der Waals surface area contributed by atoms with Crippen LogP contribution in [-0.4, -0.2) is 58.1 Å². The fourth-order valence-electron chi connectivity index (χ4n) is 5.73. The van der Waals surface area contributed by atoms with Crippen molar-refractivity contribution in [2.24, 2.45) is 0 Å². The molecule has 40 heavy (non-hydrogen) atoms. The number of nitrogens with one attached hydrogen (secondary N) is 1. The van der Waals surface area contributed by atoms with Gasteiger partial charge in [-0.25, -0.2) is 0 Å². The number of aliphatic carboxylic acids is 1. The van der Waals surface area contributed by atoms with Gasteiger partial charge in [-0.2, -0.15) is 0 Å². The summed E-state index contributed by atoms with van der Waals surface area (Å²) in [5.41, 5.74) is 2.89. The van der Waals surface area contributed by atoms with Crippen molar-refractivity contribution in [2.45, 2.75) is 41.8 Å². The molecule has 2 amide bonds. The topological polar surface area (TPSA) is 95.9 Å². The Kier molecular flexibility index (Phi) is 7.72. The molecule has 3 aromatic rings. The Morgan fingerprint density at radius 1 is 1.12 bits per heavy atom. The molecule has 0 aromatic heterocycles. The van der Waals surface area contributed by atoms with Crippen LogP contribution in [0.2, 0.25) is 0 Å². The molecular weight excluding hydrogens is 524 g/mol. The van der Waals surface area contributed by atoms with Crippen LogP contribution in [0, 0.1) is 6.92 Å². The lowest BCUT2D eigenvalue weighted by atomic mass is 9.72. The molecule has 0 aliphatic carbocycles. The van der Waals surface area contributed by atoms with E-state index in [0.29, 0.717) is 12.0 Å². The molecule has 2 fully saturated rings. The highest BCUT2D eigenvalue weighted by atomic mass is 32.2. The van der Waals surface area contributed by atoms with E-state index in [0.717, 1.165) is 28.0 Å². The van der Waals surface area contributed by atoms with E-state index in [4.69, 9.17) is 4.74 Å². The summed E-state index contributed by atoms with van der Waals surface area (Å²) in [4.78, 5) is 41.0. The zero-order valence-electron chi connectivity index (χ0n) is 22.5. The number of fused-ring (bicyclic) bond motifs is 1. The Balaban J connectivity index is 1.47. The number of carboxylic acid groups (broad SMARTS) is 1. The number of methoxy groups -OCH3 is 1. The number of carbonyl (C=O) groups is 3. The number of thioether (sulfide) groups is 1. The van der Waals surface area contributed by atoms with Gasteiger partial charge in [0, 0.05) is 11.8 Å². The molecule has 206 valence electrons. The van der Waals surface area contributed by atoms with Crippen LogP contribution in [0.3, 0.4) is 0 Å². The van der Waals surface area contributed by atoms with E-state index in [9.17, 15) is 19.5 Å². The molecule has 0 bridgehead atoms. The van der Waals surface area contributed by atoms with Gasteiger partial charge in [0.1, 0.15) is 22.6 Å². The third-order valence-corrected chi connectivity index (χ3v) is 9.57. The average molecular weight is 557 g/mol. The Bertz CT molecular complexity index is 1440. The minimum atomic E-state index is -1.35. The maximum Gasteiger partial charge on any atom is 0.317 e. The number of rotatable bonds is 9. The van der Waals surface area contributed by atoms with Crippen LogP contribution < -0.4 is 10.1 Å². The summed E-state index contributed by atoms with van der Waals surface area (Å²) in [5, 5.41) is 13.0. The van der Waals surface area contributed by atoms with Gasteiger partial charge < -0.3 is 20.1 Å². The van der Waals surface area contributed by atoms with Crippen LogP contribution >= 0.6 is 11.8 Å². The summed E-state index contributed by atoms with van der Waals surface area (Å²) in [6.07, 6.45) is 2.37. The van der Waals surface area contributed by atoms with E-state index in [-0.39, 0.29) is 30.2 Å². The molecule has 7 nitrogen and oxygen atoms in total. The SMILES string of the molecule is C=Cc1ccc(C2(C(=O)O)CN3C(=O)C(NC(=O)Cc4ccccc4)[C@H]3SC2Cc2ccc(OC)cc2)c(C)c1. The number of carbonyl (C=O) groups excluding carboxylic acids is 2. The van der Waals surface area contributed by atoms with E-state index >= 15 is 0 Å². The zero-order chi connectivity index (χ0) is 28.4. The molecule has 2 saturated heterocycles. The van der Waals surface area contributed by atoms with Crippen molar-refractivity contribution in [3.8, 4) is 5.75 Å². The third kappa shape index (κ3) is 4.99. The van der Waals surface area contributed by atoms with E-state index in [1.165, 1.54) is 11.8 Å². The molecule has 2 aliphatic rings. The largest absolute Gasteiger partial charge is 0.497 e. The number of hydrogen-bond acceptors (Lipinski definition) is 5. The molecule has 3 aromatic carbocycles. The quantitative estimate of drug-likeness (QED) is 0.383. The summed E-state index contributed by atoms with van der Waals surface area (Å²) >= 11 is 1.45. The highest BCUT2D eigenvalue weighted by Gasteiger charge is 2.62. The second kappa shape index (κ2) is 11.2. The minimum Gasteiger partial charge on any atom is -0.497 e. The first-order valence-corrected chi connectivity index (χ1v) is 14.1. The standard InChI is InChI=1S/C32H32N2O5S/c1-4-21-12-15-25(20(2)16-21)32(31(37)38)19-34-29(36)28(33-27(35)18-22-8-6-5-7-9-22)30(34)40-26(32)17-23-10-13-24(39-3)14-11-23/h4-16,26,28,30H,1,17-19H2,2-3H3,(H,33,35)(H,37,38)/t26?,28?,30-,32?/m1/s1. The Morgan fingerprint density at radius 2 is 1.85 bits per heavy atom. The third-order valence-electron chi connectivity index (χ3n) is 7.87. The smallest absolute Gasteiger partial charge is 0.317 e. The van der Waals surface area contributed by atoms with Gasteiger partial charge in [0.2, 0.25) is 11.8 Å². The van der Waals surface area contributed by atoms with Gasteiger partial charge in [-0.3, -0.25) is 14.4 Å². The zero-order valence-corrected chi connectivity index (χ0v) is 23.3. The second-order valence-corrected chi connectivity index (χ2v) is 11.6. The fourth-order valence-corrected chi connectivity index (χ4v) is 7.56. The van der Waals surface area contributed by atoms with Crippen LogP contribution in [0.5, 0.6) is 5.75 Å². The Labute approximate surface area is 238 Å². The molecule has 2 heterocycles. The predicted molar refractivity (Wildman–Crippen MR) is 156 cm³/mol. The molecule has 0 spiro atoms. The second-order valence-electron chi connectivity index (χ2n) is 10.3. The van der Waals surface area contributed by atoms with Crippen molar-refractivity contribution < 1.29 is 24.2 Å². The number of aryl methyl sites for hydroxylation is 1. The van der Waals surface area contributed by atoms with Crippen LogP contribution in [0.25, 0.3) is 6.08 Å². The molecule has 8 heteroatoms. The Morgan fingerprint density at radius 3 is 2.48 bits per heavy atom. The number of carboxylic acids is 1. The van der Waals surface area contributed by atoms with Crippen LogP contribution in [0.4, 0.5) is 0 Å². The number of β-lactam (4-membered cyclic amide) rings is 1. The van der Waals surface area contributed by atoms with Crippen LogP contribution in [-0.2, 0) is 32.6 Å². The van der Waals surface area contributed by atoms with Crippen LogP contribution in [0.1, 0.15) is 27.8 Å². The first kappa shape index (κ1) is 27.5. The molecule has 2 aliphatic heterocycles. The molecular formula is C32H32N2O5S. The summed E-state index contributed by atoms with van der Waals surface area (Å²) in [6.45, 7) is 5.76. The maximum absolute atomic E-state index is 13.3. The molecule has 2 N–H and O–H groups in total. The van der Waals surface area contributed by atoms with Gasteiger partial charge in [-0.15, -0.1) is 11.8 Å². The van der Waals surface area contributed by atoms with E-state index < -0.39 is 22.7 Å². The number of amides is 2. The summed E-state index contributed by atoms with van der Waals surface area (Å²) in [5.74, 6) is -0.747. The highest BCUT2D eigenvalue weighted by molar-refractivity contribution is 8.00. The molecule has 0 saturated carbocycles. The summed E-state index contributed by atoms with van der Waals surface area (Å²) < 4.78 is 5.30. The molecule has 4 atom stereocenters. The number of benzene rings is 3. The van der Waals surface area contributed by atoms with Gasteiger partial charge in [-0.1, -0.05) is 73.3 Å². The van der Waals surface area contributed by atoms with Crippen molar-refractivity contribution in [3.05, 3.63) is 107 Å². The number of hydrogen-bond donors (Lipinski definition) is 2. The van der Waals surface area contributed by atoms with Crippen molar-refractivity contribution in [2.75, 3.05) is 13.7 Å². The van der Waals surface area contributed by atoms with Crippen LogP contribution in [0.15, 0.2) is 79.4 Å². The monoisotopic (exact) mass is 556 g/mol. The normalized spacial score (nSPS) is 23.5. The van der Waals surface area contributed by atoms with Gasteiger partial charge in [-0.05, 0) is 53.3 Å². The summed E-state index contributed by atoms with van der Waals surface area (Å²) in [7, 11) is 1.60. The first-order valence-electron chi connectivity index (χ1n) is 13.2. The van der Waals surface area contributed by atoms with Crippen molar-refractivity contribution in [3.63, 3.8) is 0 Å². The molecule has 5 rings (SSSR count). The van der Waals surface area contributed by atoms with Crippen molar-refractivity contribution >= 4 is 35.6 Å². The van der Waals surface area contributed by atoms with E-state index in [1.807, 2.05) is 79.7 Å². The van der Waals surface area contributed by atoms with Crippen molar-refractivity contribution in [1.29, 1.82) is 0 Å². The Hall–Kier alpha value is -4.04. The average Bonchev–Trinajstić information content (AvgIpc) is 2.96. The lowest BCUT2D eigenvalue weighted by molar-refractivity contribution is -0.155. The van der Waals surface area contributed by atoms with Gasteiger partial charge in [0.05, 0.1) is 13.5 Å². The summed E-state index contributed by atoms with van der Waals surface area (Å²) in [6, 6.07) is 21.9. The lowest BCUT2D eigenvalue weighted by Gasteiger charge is -2.57. The molecule has 3 unspecified atom stereocenters. The minimum absolute atomic E-state index is 0.0268. The number of nitrogens with zero attached hydrogens (tertiary/aromatic N) is 1. The fraction of sp³-hybridized carbons (Fsp3) is 0.281. The number of ether oxygens (including phenoxy) is 1. The highest BCUT2D eigenvalue weighted by Crippen LogP contribution is 2.50. The molecule has 0 radical (unpaired) electrons.